The van der Waals surface area contributed by atoms with Crippen LogP contribution in [0.1, 0.15) is 98.5 Å². The summed E-state index contributed by atoms with van der Waals surface area (Å²) in [4.78, 5) is 27.6. The molecular weight excluding hydrogens is 728 g/mol. The molecule has 2 N–H and O–H groups in total. The van der Waals surface area contributed by atoms with Crippen LogP contribution in [0, 0.1) is 18.8 Å². The third-order valence-electron chi connectivity index (χ3n) is 12.4. The quantitative estimate of drug-likeness (QED) is 0.129. The second-order valence-corrected chi connectivity index (χ2v) is 17.5. The number of halogens is 1. The zero-order valence-electron chi connectivity index (χ0n) is 31.8. The Bertz CT molecular complexity index is 2180. The number of anilines is 1. The number of hydrogen-bond acceptors (Lipinski definition) is 8. The number of aryl methyl sites for hydroxylation is 2. The van der Waals surface area contributed by atoms with Gasteiger partial charge in [0.2, 0.25) is 0 Å². The summed E-state index contributed by atoms with van der Waals surface area (Å²) in [6.07, 6.45) is 11.6. The highest BCUT2D eigenvalue weighted by atomic mass is 35.5. The summed E-state index contributed by atoms with van der Waals surface area (Å²) in [5.74, 6) is 2.85. The molecular formula is C45H49ClN4O4S. The van der Waals surface area contributed by atoms with E-state index in [0.717, 1.165) is 71.2 Å². The number of carboxylic acid groups (broad SMARTS) is 1. The molecule has 8 rings (SSSR count). The van der Waals surface area contributed by atoms with Gasteiger partial charge in [0.05, 0.1) is 17.2 Å². The summed E-state index contributed by atoms with van der Waals surface area (Å²) in [6.45, 7) is 7.57. The van der Waals surface area contributed by atoms with Gasteiger partial charge in [-0.15, -0.1) is 11.3 Å². The maximum absolute atomic E-state index is 13.1. The highest BCUT2D eigenvalue weighted by Crippen LogP contribution is 2.56. The van der Waals surface area contributed by atoms with E-state index in [9.17, 15) is 9.90 Å². The molecule has 3 atom stereocenters. The Labute approximate surface area is 332 Å². The molecule has 0 radical (unpaired) electrons. The lowest BCUT2D eigenvalue weighted by Crippen LogP contribution is -2.53. The van der Waals surface area contributed by atoms with E-state index in [2.05, 4.69) is 52.3 Å². The van der Waals surface area contributed by atoms with Gasteiger partial charge in [0.15, 0.2) is 0 Å². The largest absolute Gasteiger partial charge is 0.493 e. The Kier molecular flexibility index (Phi) is 10.6. The molecule has 1 spiro atoms. The normalized spacial score (nSPS) is 23.5. The minimum atomic E-state index is -1.07. The second kappa shape index (κ2) is 15.6. The number of aromatic nitrogens is 3. The number of pyridine rings is 1. The van der Waals surface area contributed by atoms with E-state index < -0.39 is 11.5 Å². The summed E-state index contributed by atoms with van der Waals surface area (Å²) in [5.41, 5.74) is 6.70. The molecule has 0 saturated heterocycles. The molecule has 5 aromatic rings. The van der Waals surface area contributed by atoms with Gasteiger partial charge < -0.3 is 19.9 Å². The minimum absolute atomic E-state index is 0.153. The van der Waals surface area contributed by atoms with Gasteiger partial charge in [-0.25, -0.2) is 14.8 Å². The van der Waals surface area contributed by atoms with E-state index in [1.165, 1.54) is 35.2 Å². The van der Waals surface area contributed by atoms with Crippen molar-refractivity contribution in [2.75, 3.05) is 11.9 Å². The molecule has 1 saturated carbocycles. The number of rotatable bonds is 12. The predicted molar refractivity (Wildman–Crippen MR) is 219 cm³/mol. The maximum Gasteiger partial charge on any atom is 0.329 e. The van der Waals surface area contributed by atoms with Crippen LogP contribution in [0.3, 0.4) is 0 Å². The minimum Gasteiger partial charge on any atom is -0.493 e. The van der Waals surface area contributed by atoms with E-state index >= 15 is 0 Å². The van der Waals surface area contributed by atoms with Crippen LogP contribution in [-0.2, 0) is 29.7 Å². The Hall–Kier alpha value is -4.47. The number of carboxylic acids is 1. The fourth-order valence-corrected chi connectivity index (χ4v) is 10.5. The van der Waals surface area contributed by atoms with Crippen LogP contribution in [0.25, 0.3) is 10.6 Å². The fourth-order valence-electron chi connectivity index (χ4n) is 9.52. The molecule has 0 unspecified atom stereocenters. The monoisotopic (exact) mass is 776 g/mol. The van der Waals surface area contributed by atoms with E-state index in [1.807, 2.05) is 61.0 Å². The zero-order chi connectivity index (χ0) is 38.2. The maximum atomic E-state index is 13.1. The molecule has 10 heteroatoms. The van der Waals surface area contributed by atoms with Crippen molar-refractivity contribution in [1.29, 1.82) is 0 Å². The third-order valence-corrected chi connectivity index (χ3v) is 13.5. The first kappa shape index (κ1) is 37.5. The van der Waals surface area contributed by atoms with Crippen LogP contribution in [0.15, 0.2) is 78.4 Å². The zero-order valence-corrected chi connectivity index (χ0v) is 33.4. The molecule has 3 heterocycles. The molecule has 3 aliphatic rings. The van der Waals surface area contributed by atoms with Crippen molar-refractivity contribution in [1.82, 2.24) is 15.0 Å². The second-order valence-electron chi connectivity index (χ2n) is 16.1. The van der Waals surface area contributed by atoms with Crippen molar-refractivity contribution in [2.45, 2.75) is 102 Å². The summed E-state index contributed by atoms with van der Waals surface area (Å²) in [5, 5.41) is 16.7. The number of hydrogen-bond donors (Lipinski definition) is 2. The van der Waals surface area contributed by atoms with Crippen LogP contribution in [0.4, 0.5) is 5.69 Å². The van der Waals surface area contributed by atoms with Crippen LogP contribution >= 0.6 is 22.9 Å². The number of thiophene rings is 1. The van der Waals surface area contributed by atoms with Crippen molar-refractivity contribution in [3.8, 4) is 22.1 Å². The number of ether oxygens (including phenoxy) is 2. The van der Waals surface area contributed by atoms with E-state index in [1.54, 1.807) is 17.5 Å². The van der Waals surface area contributed by atoms with Gasteiger partial charge in [0.1, 0.15) is 29.5 Å². The Morgan fingerprint density at radius 1 is 1.05 bits per heavy atom. The summed E-state index contributed by atoms with van der Waals surface area (Å²) < 4.78 is 13.0. The first-order valence-electron chi connectivity index (χ1n) is 19.6. The average molecular weight is 777 g/mol. The van der Waals surface area contributed by atoms with E-state index in [4.69, 9.17) is 21.1 Å². The first-order valence-corrected chi connectivity index (χ1v) is 20.9. The van der Waals surface area contributed by atoms with Gasteiger partial charge in [-0.2, -0.15) is 0 Å². The lowest BCUT2D eigenvalue weighted by Gasteiger charge is -2.47. The van der Waals surface area contributed by atoms with E-state index in [-0.39, 0.29) is 5.41 Å². The Morgan fingerprint density at radius 2 is 1.89 bits per heavy atom. The number of carbonyl (C=O) groups is 1. The van der Waals surface area contributed by atoms with Crippen molar-refractivity contribution in [2.24, 2.45) is 11.8 Å². The van der Waals surface area contributed by atoms with Gasteiger partial charge >= 0.3 is 5.97 Å². The molecule has 3 aliphatic carbocycles. The van der Waals surface area contributed by atoms with Crippen LogP contribution in [0.5, 0.6) is 11.5 Å². The number of aliphatic carboxylic acids is 1. The van der Waals surface area contributed by atoms with Gasteiger partial charge in [-0.1, -0.05) is 49.7 Å². The highest BCUT2D eigenvalue weighted by Gasteiger charge is 2.54. The van der Waals surface area contributed by atoms with Crippen LogP contribution in [0.2, 0.25) is 5.02 Å². The average Bonchev–Trinajstić information content (AvgIpc) is 3.77. The first-order chi connectivity index (χ1) is 26.6. The third kappa shape index (κ3) is 7.70. The summed E-state index contributed by atoms with van der Waals surface area (Å²) >= 11 is 7.93. The number of nitrogens with zero attached hydrogens (tertiary/aromatic N) is 3. The molecule has 0 bridgehead atoms. The Balaban J connectivity index is 1.03. The molecule has 0 amide bonds. The fraction of sp³-hybridized carbons (Fsp3) is 0.422. The van der Waals surface area contributed by atoms with Crippen molar-refractivity contribution in [3.05, 3.63) is 117 Å². The van der Waals surface area contributed by atoms with Gasteiger partial charge in [-0.05, 0) is 135 Å². The molecule has 55 heavy (non-hydrogen) atoms. The smallest absolute Gasteiger partial charge is 0.329 e. The predicted octanol–water partition coefficient (Wildman–Crippen LogP) is 10.6. The molecule has 2 aromatic carbocycles. The van der Waals surface area contributed by atoms with Gasteiger partial charge in [0.25, 0.3) is 0 Å². The molecule has 286 valence electrons. The van der Waals surface area contributed by atoms with Crippen LogP contribution < -0.4 is 14.8 Å². The van der Waals surface area contributed by atoms with Gasteiger partial charge in [-0.3, -0.25) is 4.98 Å². The topological polar surface area (TPSA) is 106 Å². The number of benzene rings is 2. The van der Waals surface area contributed by atoms with Crippen molar-refractivity contribution in [3.63, 3.8) is 0 Å². The van der Waals surface area contributed by atoms with Crippen LogP contribution in [-0.4, -0.2) is 38.2 Å². The number of fused-ring (bicyclic) bond motifs is 3. The van der Waals surface area contributed by atoms with E-state index in [0.29, 0.717) is 48.8 Å². The van der Waals surface area contributed by atoms with Crippen molar-refractivity contribution >= 4 is 34.6 Å². The SMILES string of the molecule is Cc1nccc(-c2cc(OCc3ccc4c(c3)C3(CCC(Nc5cccc(Cl)c5)(C(=O)O)CC3)[C@@H](C[C@@H](C)COc3ccnc5c3[C@H](C)CCC5)C4)cs2)n1. The lowest BCUT2D eigenvalue weighted by molar-refractivity contribution is -0.144. The Morgan fingerprint density at radius 3 is 2.69 bits per heavy atom. The summed E-state index contributed by atoms with van der Waals surface area (Å²) in [6, 6.07) is 20.2. The number of nitrogens with one attached hydrogen (secondary N) is 1. The summed E-state index contributed by atoms with van der Waals surface area (Å²) in [7, 11) is 0. The molecule has 1 fully saturated rings. The standard InChI is InChI=1S/C45H49ClN4O4S/c1-28(25-54-40-13-19-48-39-9-4-6-29(2)42(39)40)20-33-22-32-11-10-31(26-53-36-24-41(55-27-36)38-12-18-47-30(3)49-38)21-37(32)44(33)14-16-45(17-15-44,43(51)52)50-35-8-5-7-34(46)23-35/h5,7-8,10-13,18-19,21,23-24,27-29,33,50H,4,6,9,14-17,20,22,25-26H2,1-3H3,(H,51,52)/t28-,29-,33+,44?,45?/m1/s1. The van der Waals surface area contributed by atoms with Crippen molar-refractivity contribution < 1.29 is 19.4 Å². The van der Waals surface area contributed by atoms with Gasteiger partial charge in [0, 0.05) is 45.8 Å². The molecule has 3 aromatic heterocycles. The molecule has 0 aliphatic heterocycles. The lowest BCUT2D eigenvalue weighted by atomic mass is 9.59. The molecule has 8 nitrogen and oxygen atoms in total. The highest BCUT2D eigenvalue weighted by molar-refractivity contribution is 7.13.